The number of carbonyl (C=O) groups excluding carboxylic acids is 2. The summed E-state index contributed by atoms with van der Waals surface area (Å²) in [5.41, 5.74) is 2.86. The first-order valence-corrected chi connectivity index (χ1v) is 15.9. The van der Waals surface area contributed by atoms with Gasteiger partial charge in [-0.25, -0.2) is 9.78 Å². The van der Waals surface area contributed by atoms with Gasteiger partial charge in [-0.1, -0.05) is 92.0 Å². The number of ether oxygens (including phenoxy) is 1. The Balaban J connectivity index is 1.30. The number of nitrogens with zero attached hydrogens (tertiary/aromatic N) is 2. The van der Waals surface area contributed by atoms with Crippen molar-refractivity contribution in [1.29, 1.82) is 0 Å². The standard InChI is InChI=1S/C32H41ClN4O4S/c1-4-5-12-26(28(38)29(39)35-22(2)23-10-7-6-8-11-23)36-31(40)41-20-32(17-9-18-32)21-42-30-34-19-27(37(30)3)24-13-15-25(33)16-14-24/h6-8,10-11,13-16,19,22,26,28,38H,4-5,9,12,17-18,20-21H2,1-3H3,(H,35,39)(H,36,40)/t22-,26+,28?/m1/s1. The van der Waals surface area contributed by atoms with E-state index in [2.05, 4.69) is 20.2 Å². The van der Waals surface area contributed by atoms with Crippen LogP contribution < -0.4 is 10.6 Å². The highest BCUT2D eigenvalue weighted by atomic mass is 35.5. The lowest BCUT2D eigenvalue weighted by Crippen LogP contribution is -2.51. The Morgan fingerprint density at radius 1 is 1.14 bits per heavy atom. The normalized spacial score (nSPS) is 16.1. The first kappa shape index (κ1) is 31.9. The van der Waals surface area contributed by atoms with Crippen molar-refractivity contribution in [2.45, 2.75) is 75.7 Å². The van der Waals surface area contributed by atoms with Gasteiger partial charge in [0, 0.05) is 23.2 Å². The molecule has 1 aromatic heterocycles. The highest BCUT2D eigenvalue weighted by Gasteiger charge is 2.39. The number of rotatable bonds is 14. The van der Waals surface area contributed by atoms with Gasteiger partial charge in [0.2, 0.25) is 0 Å². The van der Waals surface area contributed by atoms with Crippen LogP contribution in [-0.4, -0.2) is 51.2 Å². The first-order chi connectivity index (χ1) is 20.2. The number of carbonyl (C=O) groups is 2. The van der Waals surface area contributed by atoms with E-state index < -0.39 is 24.1 Å². The van der Waals surface area contributed by atoms with E-state index in [1.54, 1.807) is 11.8 Å². The lowest BCUT2D eigenvalue weighted by molar-refractivity contribution is -0.131. The number of nitrogens with one attached hydrogen (secondary N) is 2. The van der Waals surface area contributed by atoms with E-state index in [0.29, 0.717) is 11.4 Å². The summed E-state index contributed by atoms with van der Waals surface area (Å²) in [7, 11) is 2.00. The lowest BCUT2D eigenvalue weighted by Gasteiger charge is -2.41. The highest BCUT2D eigenvalue weighted by molar-refractivity contribution is 7.99. The third-order valence-electron chi connectivity index (χ3n) is 8.00. The molecule has 3 atom stereocenters. The number of aromatic nitrogens is 2. The number of alkyl carbamates (subject to hydrolysis) is 1. The fourth-order valence-electron chi connectivity index (χ4n) is 5.09. The monoisotopic (exact) mass is 612 g/mol. The lowest BCUT2D eigenvalue weighted by atomic mass is 9.71. The molecule has 8 nitrogen and oxygen atoms in total. The van der Waals surface area contributed by atoms with Crippen LogP contribution in [0.3, 0.4) is 0 Å². The van der Waals surface area contributed by atoms with Crippen molar-refractivity contribution >= 4 is 35.4 Å². The Morgan fingerprint density at radius 2 is 1.86 bits per heavy atom. The number of amides is 2. The maximum absolute atomic E-state index is 12.9. The summed E-state index contributed by atoms with van der Waals surface area (Å²) in [5.74, 6) is 0.250. The molecule has 1 unspecified atom stereocenters. The predicted molar refractivity (Wildman–Crippen MR) is 167 cm³/mol. The van der Waals surface area contributed by atoms with Crippen molar-refractivity contribution in [2.75, 3.05) is 12.4 Å². The fourth-order valence-corrected chi connectivity index (χ4v) is 6.44. The minimum atomic E-state index is -1.39. The van der Waals surface area contributed by atoms with Crippen molar-refractivity contribution < 1.29 is 19.4 Å². The van der Waals surface area contributed by atoms with E-state index in [0.717, 1.165) is 59.8 Å². The molecule has 226 valence electrons. The Hall–Kier alpha value is -3.01. The smallest absolute Gasteiger partial charge is 0.407 e. The van der Waals surface area contributed by atoms with Crippen molar-refractivity contribution in [3.63, 3.8) is 0 Å². The molecule has 0 bridgehead atoms. The highest BCUT2D eigenvalue weighted by Crippen LogP contribution is 2.45. The summed E-state index contributed by atoms with van der Waals surface area (Å²) in [4.78, 5) is 30.4. The molecule has 0 aliphatic heterocycles. The van der Waals surface area contributed by atoms with E-state index in [-0.39, 0.29) is 18.1 Å². The molecule has 0 spiro atoms. The van der Waals surface area contributed by atoms with Gasteiger partial charge in [-0.05, 0) is 49.4 Å². The van der Waals surface area contributed by atoms with Gasteiger partial charge in [0.15, 0.2) is 11.3 Å². The van der Waals surface area contributed by atoms with E-state index in [9.17, 15) is 14.7 Å². The van der Waals surface area contributed by atoms with E-state index in [1.807, 2.05) is 81.7 Å². The van der Waals surface area contributed by atoms with Gasteiger partial charge in [-0.3, -0.25) is 4.79 Å². The number of aliphatic hydroxyl groups is 1. The van der Waals surface area contributed by atoms with Crippen LogP contribution in [0.5, 0.6) is 0 Å². The van der Waals surface area contributed by atoms with Crippen LogP contribution in [0.15, 0.2) is 66.0 Å². The van der Waals surface area contributed by atoms with Crippen LogP contribution in [0, 0.1) is 5.41 Å². The molecule has 0 radical (unpaired) electrons. The van der Waals surface area contributed by atoms with Crippen LogP contribution >= 0.6 is 23.4 Å². The largest absolute Gasteiger partial charge is 0.449 e. The molecule has 1 aliphatic carbocycles. The summed E-state index contributed by atoms with van der Waals surface area (Å²) in [6.07, 6.45) is 4.96. The number of unbranched alkanes of at least 4 members (excludes halogenated alkanes) is 1. The molecule has 4 rings (SSSR count). The molecule has 42 heavy (non-hydrogen) atoms. The molecule has 1 fully saturated rings. The summed E-state index contributed by atoms with van der Waals surface area (Å²) < 4.78 is 7.77. The van der Waals surface area contributed by atoms with Gasteiger partial charge >= 0.3 is 6.09 Å². The average molecular weight is 613 g/mol. The zero-order valence-electron chi connectivity index (χ0n) is 24.5. The summed E-state index contributed by atoms with van der Waals surface area (Å²) in [5, 5.41) is 18.1. The Bertz CT molecular complexity index is 1310. The molecule has 3 N–H and O–H groups in total. The fraction of sp³-hybridized carbons (Fsp3) is 0.469. The SMILES string of the molecule is CCCC[C@H](NC(=O)OCC1(CSc2ncc(-c3ccc(Cl)cc3)n2C)CCC1)C(O)C(=O)N[C@H](C)c1ccccc1. The third-order valence-corrected chi connectivity index (χ3v) is 9.64. The van der Waals surface area contributed by atoms with Crippen LogP contribution in [-0.2, 0) is 16.6 Å². The van der Waals surface area contributed by atoms with Gasteiger partial charge in [0.1, 0.15) is 0 Å². The Labute approximate surface area is 257 Å². The van der Waals surface area contributed by atoms with Gasteiger partial charge in [0.05, 0.1) is 30.6 Å². The minimum absolute atomic E-state index is 0.131. The molecular formula is C32H41ClN4O4S. The van der Waals surface area contributed by atoms with Crippen molar-refractivity contribution in [2.24, 2.45) is 12.5 Å². The van der Waals surface area contributed by atoms with Crippen molar-refractivity contribution in [3.05, 3.63) is 71.4 Å². The third kappa shape index (κ3) is 8.30. The molecule has 10 heteroatoms. The van der Waals surface area contributed by atoms with E-state index >= 15 is 0 Å². The maximum Gasteiger partial charge on any atom is 0.407 e. The van der Waals surface area contributed by atoms with Gasteiger partial charge < -0.3 is 25.0 Å². The molecule has 2 amide bonds. The average Bonchev–Trinajstić information content (AvgIpc) is 3.34. The zero-order valence-corrected chi connectivity index (χ0v) is 26.1. The summed E-state index contributed by atoms with van der Waals surface area (Å²) in [6, 6.07) is 16.2. The summed E-state index contributed by atoms with van der Waals surface area (Å²) >= 11 is 7.70. The molecular weight excluding hydrogens is 572 g/mol. The topological polar surface area (TPSA) is 105 Å². The molecule has 3 aromatic rings. The Morgan fingerprint density at radius 3 is 2.50 bits per heavy atom. The molecule has 1 heterocycles. The van der Waals surface area contributed by atoms with Crippen LogP contribution in [0.25, 0.3) is 11.3 Å². The van der Waals surface area contributed by atoms with Gasteiger partial charge in [-0.2, -0.15) is 0 Å². The van der Waals surface area contributed by atoms with Crippen LogP contribution in [0.2, 0.25) is 5.02 Å². The maximum atomic E-state index is 12.9. The number of aliphatic hydroxyl groups excluding tert-OH is 1. The minimum Gasteiger partial charge on any atom is -0.449 e. The summed E-state index contributed by atoms with van der Waals surface area (Å²) in [6.45, 7) is 4.16. The van der Waals surface area contributed by atoms with Crippen LogP contribution in [0.4, 0.5) is 4.79 Å². The molecule has 1 saturated carbocycles. The van der Waals surface area contributed by atoms with E-state index in [4.69, 9.17) is 16.3 Å². The van der Waals surface area contributed by atoms with Crippen molar-refractivity contribution in [3.8, 4) is 11.3 Å². The number of thioether (sulfide) groups is 1. The van der Waals surface area contributed by atoms with Gasteiger partial charge in [-0.15, -0.1) is 0 Å². The molecule has 2 aromatic carbocycles. The zero-order chi connectivity index (χ0) is 30.1. The molecule has 1 aliphatic rings. The van der Waals surface area contributed by atoms with E-state index in [1.165, 1.54) is 0 Å². The Kier molecular flexibility index (Phi) is 11.4. The second-order valence-corrected chi connectivity index (χ2v) is 12.6. The number of hydrogen-bond donors (Lipinski definition) is 3. The first-order valence-electron chi connectivity index (χ1n) is 14.6. The van der Waals surface area contributed by atoms with Crippen molar-refractivity contribution in [1.82, 2.24) is 20.2 Å². The second-order valence-electron chi connectivity index (χ2n) is 11.2. The number of imidazole rings is 1. The quantitative estimate of drug-likeness (QED) is 0.179. The van der Waals surface area contributed by atoms with Crippen LogP contribution in [0.1, 0.15) is 64.0 Å². The second kappa shape index (κ2) is 14.9. The predicted octanol–water partition coefficient (Wildman–Crippen LogP) is 6.53. The molecule has 0 saturated heterocycles. The van der Waals surface area contributed by atoms with Gasteiger partial charge in [0.25, 0.3) is 5.91 Å². The number of hydrogen-bond acceptors (Lipinski definition) is 6. The number of halogens is 1. The number of benzene rings is 2.